The van der Waals surface area contributed by atoms with E-state index in [1.807, 2.05) is 38.5 Å². The van der Waals surface area contributed by atoms with Crippen molar-refractivity contribution in [2.45, 2.75) is 19.6 Å². The van der Waals surface area contributed by atoms with E-state index >= 15 is 0 Å². The van der Waals surface area contributed by atoms with E-state index < -0.39 is 0 Å². The summed E-state index contributed by atoms with van der Waals surface area (Å²) in [7, 11) is 2.01. The molecule has 2 aromatic heterocycles. The Bertz CT molecular complexity index is 606. The maximum Gasteiger partial charge on any atom is 0.151 e. The summed E-state index contributed by atoms with van der Waals surface area (Å²) in [5, 5.41) is 8.05. The van der Waals surface area contributed by atoms with Crippen molar-refractivity contribution in [2.24, 2.45) is 0 Å². The Morgan fingerprint density at radius 2 is 2.26 bits per heavy atom. The number of hydrogen-bond donors (Lipinski definition) is 0. The number of likely N-dealkylation sites (N-methyl/N-ethyl adjacent to an activating group) is 1. The van der Waals surface area contributed by atoms with Gasteiger partial charge >= 0.3 is 0 Å². The van der Waals surface area contributed by atoms with E-state index in [0.717, 1.165) is 50.0 Å². The third kappa shape index (κ3) is 4.43. The maximum atomic E-state index is 5.89. The molecule has 122 valence electrons. The summed E-state index contributed by atoms with van der Waals surface area (Å²) < 4.78 is 5.89. The molecule has 0 radical (unpaired) electrons. The summed E-state index contributed by atoms with van der Waals surface area (Å²) in [4.78, 5) is 13.2. The Hall–Kier alpha value is -2.12. The Morgan fingerprint density at radius 1 is 1.35 bits per heavy atom. The second kappa shape index (κ2) is 7.43. The molecule has 1 fully saturated rings. The van der Waals surface area contributed by atoms with Crippen LogP contribution in [-0.2, 0) is 11.3 Å². The molecule has 23 heavy (non-hydrogen) atoms. The zero-order chi connectivity index (χ0) is 16.1. The number of rotatable bonds is 5. The van der Waals surface area contributed by atoms with Gasteiger partial charge in [0.1, 0.15) is 0 Å². The van der Waals surface area contributed by atoms with Gasteiger partial charge in [0.15, 0.2) is 5.82 Å². The second-order valence-electron chi connectivity index (χ2n) is 5.84. The second-order valence-corrected chi connectivity index (χ2v) is 5.84. The van der Waals surface area contributed by atoms with Gasteiger partial charge in [-0.2, -0.15) is 5.10 Å². The largest absolute Gasteiger partial charge is 0.374 e. The summed E-state index contributed by atoms with van der Waals surface area (Å²) in [5.41, 5.74) is 1.94. The molecule has 3 heterocycles. The van der Waals surface area contributed by atoms with Gasteiger partial charge in [-0.15, -0.1) is 5.10 Å². The average molecular weight is 314 g/mol. The van der Waals surface area contributed by atoms with Crippen LogP contribution >= 0.6 is 0 Å². The van der Waals surface area contributed by atoms with Crippen molar-refractivity contribution in [3.63, 3.8) is 0 Å². The zero-order valence-electron chi connectivity index (χ0n) is 13.6. The molecule has 7 nitrogen and oxygen atoms in total. The summed E-state index contributed by atoms with van der Waals surface area (Å²) in [5.74, 6) is 0.859. The molecule has 1 atom stereocenters. The fourth-order valence-electron chi connectivity index (χ4n) is 2.66. The van der Waals surface area contributed by atoms with Crippen molar-refractivity contribution in [3.8, 4) is 0 Å². The Morgan fingerprint density at radius 3 is 3.00 bits per heavy atom. The SMILES string of the molecule is Cc1cnc(CN2CCOC(CN(C)c3cccnn3)C2)cn1. The van der Waals surface area contributed by atoms with Gasteiger partial charge in [-0.1, -0.05) is 0 Å². The fourth-order valence-corrected chi connectivity index (χ4v) is 2.66. The Labute approximate surface area is 136 Å². The van der Waals surface area contributed by atoms with Crippen LogP contribution in [0.4, 0.5) is 5.82 Å². The molecule has 1 aliphatic heterocycles. The number of nitrogens with zero attached hydrogens (tertiary/aromatic N) is 6. The number of aryl methyl sites for hydroxylation is 1. The zero-order valence-corrected chi connectivity index (χ0v) is 13.6. The van der Waals surface area contributed by atoms with Gasteiger partial charge in [0.25, 0.3) is 0 Å². The normalized spacial score (nSPS) is 18.8. The molecular weight excluding hydrogens is 292 g/mol. The van der Waals surface area contributed by atoms with Gasteiger partial charge in [0.2, 0.25) is 0 Å². The predicted molar refractivity (Wildman–Crippen MR) is 87.1 cm³/mol. The third-order valence-electron chi connectivity index (χ3n) is 3.87. The first-order chi connectivity index (χ1) is 11.2. The van der Waals surface area contributed by atoms with Gasteiger partial charge in [-0.05, 0) is 19.1 Å². The van der Waals surface area contributed by atoms with Crippen molar-refractivity contribution >= 4 is 5.82 Å². The van der Waals surface area contributed by atoms with Crippen LogP contribution in [0.25, 0.3) is 0 Å². The van der Waals surface area contributed by atoms with E-state index in [1.54, 1.807) is 6.20 Å². The van der Waals surface area contributed by atoms with Gasteiger partial charge in [-0.25, -0.2) is 0 Å². The number of aromatic nitrogens is 4. The number of hydrogen-bond acceptors (Lipinski definition) is 7. The highest BCUT2D eigenvalue weighted by Crippen LogP contribution is 2.12. The minimum atomic E-state index is 0.147. The molecule has 0 aromatic carbocycles. The van der Waals surface area contributed by atoms with E-state index in [2.05, 4.69) is 30.0 Å². The fraction of sp³-hybridized carbons (Fsp3) is 0.500. The molecule has 0 amide bonds. The van der Waals surface area contributed by atoms with Crippen molar-refractivity contribution < 1.29 is 4.74 Å². The minimum Gasteiger partial charge on any atom is -0.374 e. The molecule has 1 saturated heterocycles. The van der Waals surface area contributed by atoms with Crippen LogP contribution < -0.4 is 4.90 Å². The Kier molecular flexibility index (Phi) is 5.09. The quantitative estimate of drug-likeness (QED) is 0.812. The summed E-state index contributed by atoms with van der Waals surface area (Å²) >= 11 is 0. The number of morpholine rings is 1. The maximum absolute atomic E-state index is 5.89. The van der Waals surface area contributed by atoms with Crippen molar-refractivity contribution in [3.05, 3.63) is 42.1 Å². The summed E-state index contributed by atoms with van der Waals surface area (Å²) in [6, 6.07) is 3.85. The highest BCUT2D eigenvalue weighted by Gasteiger charge is 2.22. The van der Waals surface area contributed by atoms with Crippen LogP contribution in [0.15, 0.2) is 30.7 Å². The summed E-state index contributed by atoms with van der Waals surface area (Å²) in [6.07, 6.45) is 5.49. The van der Waals surface area contributed by atoms with Crippen LogP contribution in [0.1, 0.15) is 11.4 Å². The van der Waals surface area contributed by atoms with Crippen LogP contribution in [0.3, 0.4) is 0 Å². The first kappa shape index (κ1) is 15.8. The van der Waals surface area contributed by atoms with Crippen LogP contribution in [0.5, 0.6) is 0 Å². The molecule has 0 N–H and O–H groups in total. The molecule has 7 heteroatoms. The standard InChI is InChI=1S/C16H22N6O/c1-13-8-18-14(9-17-13)10-22-6-7-23-15(12-22)11-21(2)16-4-3-5-19-20-16/h3-5,8-9,15H,6-7,10-12H2,1-2H3. The van der Waals surface area contributed by atoms with E-state index in [-0.39, 0.29) is 6.10 Å². The molecule has 1 aliphatic rings. The van der Waals surface area contributed by atoms with Crippen LogP contribution in [0, 0.1) is 6.92 Å². The van der Waals surface area contributed by atoms with E-state index in [1.165, 1.54) is 0 Å². The smallest absolute Gasteiger partial charge is 0.151 e. The lowest BCUT2D eigenvalue weighted by molar-refractivity contribution is -0.0268. The molecule has 1 unspecified atom stereocenters. The number of anilines is 1. The van der Waals surface area contributed by atoms with E-state index in [9.17, 15) is 0 Å². The van der Waals surface area contributed by atoms with Crippen molar-refractivity contribution in [1.29, 1.82) is 0 Å². The topological polar surface area (TPSA) is 67.3 Å². The average Bonchev–Trinajstić information content (AvgIpc) is 2.58. The molecular formula is C16H22N6O. The predicted octanol–water partition coefficient (Wildman–Crippen LogP) is 0.912. The summed E-state index contributed by atoms with van der Waals surface area (Å²) in [6.45, 7) is 6.07. The first-order valence-corrected chi connectivity index (χ1v) is 7.81. The first-order valence-electron chi connectivity index (χ1n) is 7.81. The van der Waals surface area contributed by atoms with Gasteiger partial charge < -0.3 is 9.64 Å². The molecule has 0 aliphatic carbocycles. The molecule has 2 aromatic rings. The highest BCUT2D eigenvalue weighted by atomic mass is 16.5. The van der Waals surface area contributed by atoms with E-state index in [0.29, 0.717) is 0 Å². The molecule has 0 spiro atoms. The van der Waals surface area contributed by atoms with Gasteiger partial charge in [-0.3, -0.25) is 14.9 Å². The van der Waals surface area contributed by atoms with Gasteiger partial charge in [0, 0.05) is 51.8 Å². The van der Waals surface area contributed by atoms with E-state index in [4.69, 9.17) is 4.74 Å². The van der Waals surface area contributed by atoms with Gasteiger partial charge in [0.05, 0.1) is 24.1 Å². The van der Waals surface area contributed by atoms with Crippen molar-refractivity contribution in [1.82, 2.24) is 25.1 Å². The monoisotopic (exact) mass is 314 g/mol. The number of ether oxygens (including phenoxy) is 1. The van der Waals surface area contributed by atoms with Crippen LogP contribution in [-0.4, -0.2) is 64.5 Å². The lowest BCUT2D eigenvalue weighted by Crippen LogP contribution is -2.46. The minimum absolute atomic E-state index is 0.147. The highest BCUT2D eigenvalue weighted by molar-refractivity contribution is 5.35. The van der Waals surface area contributed by atoms with Crippen molar-refractivity contribution in [2.75, 3.05) is 38.2 Å². The molecule has 3 rings (SSSR count). The van der Waals surface area contributed by atoms with Crippen LogP contribution in [0.2, 0.25) is 0 Å². The lowest BCUT2D eigenvalue weighted by atomic mass is 10.2. The third-order valence-corrected chi connectivity index (χ3v) is 3.87. The molecule has 0 saturated carbocycles. The molecule has 0 bridgehead atoms. The lowest BCUT2D eigenvalue weighted by Gasteiger charge is -2.34. The Balaban J connectivity index is 1.54.